The van der Waals surface area contributed by atoms with Crippen LogP contribution in [0.2, 0.25) is 0 Å². The SMILES string of the molecule is CN1[C@H]2CC[C@@H]1CN(Cc1cc(-c3cccs3)ccc1OCC(=O)O)CC2. The zero-order chi connectivity index (χ0) is 18.8. The quantitative estimate of drug-likeness (QED) is 0.823. The predicted octanol–water partition coefficient (Wildman–Crippen LogP) is 3.55. The van der Waals surface area contributed by atoms with E-state index in [4.69, 9.17) is 9.84 Å². The van der Waals surface area contributed by atoms with Crippen molar-refractivity contribution in [2.75, 3.05) is 26.7 Å². The van der Waals surface area contributed by atoms with E-state index in [0.717, 1.165) is 30.8 Å². The molecule has 27 heavy (non-hydrogen) atoms. The highest BCUT2D eigenvalue weighted by atomic mass is 32.1. The van der Waals surface area contributed by atoms with Gasteiger partial charge >= 0.3 is 5.97 Å². The lowest BCUT2D eigenvalue weighted by Gasteiger charge is -2.26. The largest absolute Gasteiger partial charge is 0.482 e. The zero-order valence-electron chi connectivity index (χ0n) is 15.6. The number of likely N-dealkylation sites (tertiary alicyclic amines) is 1. The fourth-order valence-corrected chi connectivity index (χ4v) is 5.07. The van der Waals surface area contributed by atoms with Gasteiger partial charge in [-0.05, 0) is 61.5 Å². The number of fused-ring (bicyclic) bond motifs is 2. The van der Waals surface area contributed by atoms with Crippen LogP contribution in [0.5, 0.6) is 5.75 Å². The van der Waals surface area contributed by atoms with Crippen molar-refractivity contribution in [2.24, 2.45) is 0 Å². The molecule has 2 aromatic rings. The summed E-state index contributed by atoms with van der Waals surface area (Å²) in [5.74, 6) is -0.266. The first-order valence-electron chi connectivity index (χ1n) is 9.56. The maximum Gasteiger partial charge on any atom is 0.341 e. The van der Waals surface area contributed by atoms with Gasteiger partial charge in [0.15, 0.2) is 6.61 Å². The van der Waals surface area contributed by atoms with Gasteiger partial charge in [0.25, 0.3) is 0 Å². The van der Waals surface area contributed by atoms with Gasteiger partial charge in [-0.2, -0.15) is 0 Å². The Bertz CT molecular complexity index is 793. The van der Waals surface area contributed by atoms with Crippen molar-refractivity contribution in [3.63, 3.8) is 0 Å². The van der Waals surface area contributed by atoms with Crippen LogP contribution in [-0.2, 0) is 11.3 Å². The number of carboxylic acids is 1. The summed E-state index contributed by atoms with van der Waals surface area (Å²) in [5.41, 5.74) is 2.23. The third-order valence-electron chi connectivity index (χ3n) is 5.84. The smallest absolute Gasteiger partial charge is 0.341 e. The fourth-order valence-electron chi connectivity index (χ4n) is 4.34. The topological polar surface area (TPSA) is 53.0 Å². The second kappa shape index (κ2) is 8.00. The summed E-state index contributed by atoms with van der Waals surface area (Å²) in [7, 11) is 2.25. The van der Waals surface area contributed by atoms with Gasteiger partial charge in [-0.25, -0.2) is 4.79 Å². The lowest BCUT2D eigenvalue weighted by atomic mass is 10.1. The van der Waals surface area contributed by atoms with Crippen LogP contribution in [0.3, 0.4) is 0 Å². The zero-order valence-corrected chi connectivity index (χ0v) is 16.5. The van der Waals surface area contributed by atoms with Crippen LogP contribution in [0.25, 0.3) is 10.4 Å². The first kappa shape index (κ1) is 18.5. The normalized spacial score (nSPS) is 23.3. The number of carboxylic acid groups (broad SMARTS) is 1. The second-order valence-electron chi connectivity index (χ2n) is 7.56. The van der Waals surface area contributed by atoms with E-state index < -0.39 is 5.97 Å². The summed E-state index contributed by atoms with van der Waals surface area (Å²) < 4.78 is 5.59. The summed E-state index contributed by atoms with van der Waals surface area (Å²) in [4.78, 5) is 17.2. The van der Waals surface area contributed by atoms with E-state index in [0.29, 0.717) is 17.8 Å². The van der Waals surface area contributed by atoms with Gasteiger partial charge in [0.1, 0.15) is 5.75 Å². The maximum atomic E-state index is 11.0. The lowest BCUT2D eigenvalue weighted by molar-refractivity contribution is -0.139. The van der Waals surface area contributed by atoms with Crippen molar-refractivity contribution in [3.05, 3.63) is 41.3 Å². The standard InChI is InChI=1S/C21H26N2O3S/c1-22-17-5-6-18(22)13-23(9-8-17)12-16-11-15(20-3-2-10-27-20)4-7-19(16)26-14-21(24)25/h2-4,7,10-11,17-18H,5-6,8-9,12-14H2,1H3,(H,24,25)/t17-,18+/m0/s1. The van der Waals surface area contributed by atoms with Crippen molar-refractivity contribution in [1.29, 1.82) is 0 Å². The molecule has 2 fully saturated rings. The van der Waals surface area contributed by atoms with Gasteiger partial charge in [-0.3, -0.25) is 9.80 Å². The molecular weight excluding hydrogens is 360 g/mol. The molecule has 4 rings (SSSR count). The molecule has 1 aromatic heterocycles. The number of nitrogens with zero attached hydrogens (tertiary/aromatic N) is 2. The summed E-state index contributed by atoms with van der Waals surface area (Å²) in [6.07, 6.45) is 3.79. The molecule has 1 N–H and O–H groups in total. The number of carbonyl (C=O) groups is 1. The number of thiophene rings is 1. The minimum absolute atomic E-state index is 0.307. The summed E-state index contributed by atoms with van der Waals surface area (Å²) in [5, 5.41) is 11.1. The van der Waals surface area contributed by atoms with Gasteiger partial charge in [0.2, 0.25) is 0 Å². The Morgan fingerprint density at radius 3 is 2.89 bits per heavy atom. The van der Waals surface area contributed by atoms with Crippen LogP contribution in [-0.4, -0.2) is 59.7 Å². The molecule has 2 aliphatic rings. The number of hydrogen-bond donors (Lipinski definition) is 1. The van der Waals surface area contributed by atoms with Crippen LogP contribution in [0, 0.1) is 0 Å². The minimum Gasteiger partial charge on any atom is -0.482 e. The molecule has 2 saturated heterocycles. The Kier molecular flexibility index (Phi) is 5.48. The average molecular weight is 387 g/mol. The van der Waals surface area contributed by atoms with E-state index in [1.807, 2.05) is 12.1 Å². The molecule has 144 valence electrons. The number of aliphatic carboxylic acids is 1. The number of rotatable bonds is 6. The highest BCUT2D eigenvalue weighted by molar-refractivity contribution is 7.13. The molecule has 3 heterocycles. The van der Waals surface area contributed by atoms with E-state index in [9.17, 15) is 4.79 Å². The fraction of sp³-hybridized carbons (Fsp3) is 0.476. The molecule has 0 saturated carbocycles. The number of benzene rings is 1. The lowest BCUT2D eigenvalue weighted by Crippen LogP contribution is -2.36. The third-order valence-corrected chi connectivity index (χ3v) is 6.76. The van der Waals surface area contributed by atoms with E-state index in [-0.39, 0.29) is 6.61 Å². The van der Waals surface area contributed by atoms with Crippen molar-refractivity contribution in [2.45, 2.75) is 37.9 Å². The number of ether oxygens (including phenoxy) is 1. The first-order valence-corrected chi connectivity index (χ1v) is 10.4. The molecule has 1 aromatic carbocycles. The van der Waals surface area contributed by atoms with Crippen LogP contribution >= 0.6 is 11.3 Å². The van der Waals surface area contributed by atoms with E-state index in [1.54, 1.807) is 11.3 Å². The molecule has 0 spiro atoms. The highest BCUT2D eigenvalue weighted by Gasteiger charge is 2.34. The molecule has 0 amide bonds. The Labute approximate surface area is 164 Å². The molecule has 0 aliphatic carbocycles. The third kappa shape index (κ3) is 4.18. The van der Waals surface area contributed by atoms with Crippen LogP contribution in [0.4, 0.5) is 0 Å². The summed E-state index contributed by atoms with van der Waals surface area (Å²) >= 11 is 1.71. The molecule has 5 nitrogen and oxygen atoms in total. The number of hydrogen-bond acceptors (Lipinski definition) is 5. The molecule has 0 radical (unpaired) electrons. The van der Waals surface area contributed by atoms with Crippen molar-refractivity contribution >= 4 is 17.3 Å². The van der Waals surface area contributed by atoms with Crippen LogP contribution < -0.4 is 4.74 Å². The highest BCUT2D eigenvalue weighted by Crippen LogP contribution is 2.33. The van der Waals surface area contributed by atoms with Gasteiger partial charge < -0.3 is 9.84 Å². The summed E-state index contributed by atoms with van der Waals surface area (Å²) in [6, 6.07) is 11.6. The van der Waals surface area contributed by atoms with Gasteiger partial charge in [-0.1, -0.05) is 6.07 Å². The minimum atomic E-state index is -0.947. The van der Waals surface area contributed by atoms with Gasteiger partial charge in [0, 0.05) is 42.2 Å². The molecule has 6 heteroatoms. The Balaban J connectivity index is 1.56. The second-order valence-corrected chi connectivity index (χ2v) is 8.50. The van der Waals surface area contributed by atoms with Gasteiger partial charge in [0.05, 0.1) is 0 Å². The van der Waals surface area contributed by atoms with Crippen molar-refractivity contribution < 1.29 is 14.6 Å². The van der Waals surface area contributed by atoms with Crippen molar-refractivity contribution in [1.82, 2.24) is 9.80 Å². The van der Waals surface area contributed by atoms with Gasteiger partial charge in [-0.15, -0.1) is 11.3 Å². The molecule has 0 unspecified atom stereocenters. The van der Waals surface area contributed by atoms with Crippen LogP contribution in [0.1, 0.15) is 24.8 Å². The average Bonchev–Trinajstić information content (AvgIpc) is 3.25. The molecule has 2 atom stereocenters. The maximum absolute atomic E-state index is 11.0. The van der Waals surface area contributed by atoms with Crippen LogP contribution in [0.15, 0.2) is 35.7 Å². The van der Waals surface area contributed by atoms with E-state index in [2.05, 4.69) is 40.4 Å². The molecular formula is C21H26N2O3S. The monoisotopic (exact) mass is 386 g/mol. The molecule has 2 aliphatic heterocycles. The van der Waals surface area contributed by atoms with E-state index in [1.165, 1.54) is 24.1 Å². The predicted molar refractivity (Wildman–Crippen MR) is 107 cm³/mol. The Hall–Kier alpha value is -1.89. The van der Waals surface area contributed by atoms with Crippen molar-refractivity contribution in [3.8, 4) is 16.2 Å². The summed E-state index contributed by atoms with van der Waals surface area (Å²) in [6.45, 7) is 2.63. The van der Waals surface area contributed by atoms with E-state index >= 15 is 0 Å². The number of likely N-dealkylation sites (N-methyl/N-ethyl adjacent to an activating group) is 1. The molecule has 2 bridgehead atoms. The Morgan fingerprint density at radius 1 is 1.26 bits per heavy atom. The Morgan fingerprint density at radius 2 is 2.11 bits per heavy atom. The first-order chi connectivity index (χ1) is 13.1.